The Kier molecular flexibility index (Phi) is 6.83. The van der Waals surface area contributed by atoms with E-state index in [1.54, 1.807) is 12.1 Å². The van der Waals surface area contributed by atoms with E-state index in [0.29, 0.717) is 29.6 Å². The molecule has 1 unspecified atom stereocenters. The molecule has 7 nitrogen and oxygen atoms in total. The number of nitrogens with one attached hydrogen (secondary N) is 1. The summed E-state index contributed by atoms with van der Waals surface area (Å²) >= 11 is 0. The van der Waals surface area contributed by atoms with Crippen LogP contribution in [0.2, 0.25) is 0 Å². The van der Waals surface area contributed by atoms with Gasteiger partial charge in [0, 0.05) is 37.3 Å². The number of carbonyl (C=O) groups is 1. The first-order valence-corrected chi connectivity index (χ1v) is 9.03. The number of benzene rings is 1. The van der Waals surface area contributed by atoms with Gasteiger partial charge in [-0.05, 0) is 49.7 Å². The average molecular weight is 383 g/mol. The number of amides is 1. The zero-order valence-electron chi connectivity index (χ0n) is 15.0. The highest BCUT2D eigenvalue weighted by atomic mass is 35.5. The summed E-state index contributed by atoms with van der Waals surface area (Å²) in [4.78, 5) is 25.4. The highest BCUT2D eigenvalue weighted by molar-refractivity contribution is 5.95. The number of piperidine rings is 1. The van der Waals surface area contributed by atoms with Crippen molar-refractivity contribution >= 4 is 29.7 Å². The molecular weight excluding hydrogens is 356 g/mol. The number of hydrogen-bond donors (Lipinski definition) is 2. The second-order valence-electron chi connectivity index (χ2n) is 7.34. The summed E-state index contributed by atoms with van der Waals surface area (Å²) in [5.41, 5.74) is 6.89. The van der Waals surface area contributed by atoms with Gasteiger partial charge < -0.3 is 16.0 Å². The number of anilines is 1. The zero-order chi connectivity index (χ0) is 18.0. The van der Waals surface area contributed by atoms with Crippen LogP contribution in [-0.2, 0) is 0 Å². The van der Waals surface area contributed by atoms with Crippen molar-refractivity contribution in [3.63, 3.8) is 0 Å². The molecule has 0 spiro atoms. The molecule has 1 heterocycles. The lowest BCUT2D eigenvalue weighted by molar-refractivity contribution is -0.384. The predicted octanol–water partition coefficient (Wildman–Crippen LogP) is 2.72. The van der Waals surface area contributed by atoms with E-state index >= 15 is 0 Å². The minimum absolute atomic E-state index is 0. The van der Waals surface area contributed by atoms with Gasteiger partial charge in [0.2, 0.25) is 0 Å². The first-order valence-electron chi connectivity index (χ1n) is 9.03. The molecule has 1 amide bonds. The number of carbonyl (C=O) groups excluding carboxylic acids is 1. The molecule has 26 heavy (non-hydrogen) atoms. The van der Waals surface area contributed by atoms with E-state index in [9.17, 15) is 14.9 Å². The number of hydrogen-bond acceptors (Lipinski definition) is 5. The Morgan fingerprint density at radius 2 is 2.00 bits per heavy atom. The molecule has 1 aliphatic carbocycles. The quantitative estimate of drug-likeness (QED) is 0.581. The molecule has 0 aromatic heterocycles. The molecule has 3 rings (SSSR count). The third-order valence-corrected chi connectivity index (χ3v) is 5.28. The molecule has 144 valence electrons. The molecule has 0 bridgehead atoms. The van der Waals surface area contributed by atoms with Crippen molar-refractivity contribution in [3.8, 4) is 0 Å². The lowest BCUT2D eigenvalue weighted by atomic mass is 9.98. The van der Waals surface area contributed by atoms with Gasteiger partial charge in [0.25, 0.3) is 11.6 Å². The maximum atomic E-state index is 12.3. The fourth-order valence-electron chi connectivity index (χ4n) is 3.33. The van der Waals surface area contributed by atoms with Crippen LogP contribution in [0.25, 0.3) is 0 Å². The first kappa shape index (κ1) is 20.5. The van der Waals surface area contributed by atoms with Crippen LogP contribution in [0.15, 0.2) is 18.2 Å². The largest absolute Gasteiger partial charge is 0.366 e. The normalized spacial score (nSPS) is 18.8. The minimum atomic E-state index is -0.403. The van der Waals surface area contributed by atoms with Crippen molar-refractivity contribution in [2.45, 2.75) is 38.6 Å². The molecule has 2 fully saturated rings. The van der Waals surface area contributed by atoms with Crippen LogP contribution in [0.1, 0.15) is 43.0 Å². The van der Waals surface area contributed by atoms with Gasteiger partial charge in [0.15, 0.2) is 0 Å². The number of nitrogens with zero attached hydrogens (tertiary/aromatic N) is 2. The molecule has 1 aromatic rings. The molecule has 3 N–H and O–H groups in total. The molecule has 1 saturated heterocycles. The molecule has 8 heteroatoms. The van der Waals surface area contributed by atoms with E-state index in [4.69, 9.17) is 5.73 Å². The van der Waals surface area contributed by atoms with Crippen LogP contribution in [0.4, 0.5) is 11.4 Å². The number of halogens is 1. The summed E-state index contributed by atoms with van der Waals surface area (Å²) < 4.78 is 0. The maximum absolute atomic E-state index is 12.3. The topological polar surface area (TPSA) is 102 Å². The van der Waals surface area contributed by atoms with E-state index in [1.807, 2.05) is 4.90 Å². The summed E-state index contributed by atoms with van der Waals surface area (Å²) in [7, 11) is 0. The molecule has 1 aliphatic heterocycles. The Balaban J connectivity index is 0.00000243. The lowest BCUT2D eigenvalue weighted by Crippen LogP contribution is -2.38. The van der Waals surface area contributed by atoms with Gasteiger partial charge in [0.1, 0.15) is 5.69 Å². The van der Waals surface area contributed by atoms with Crippen LogP contribution in [-0.4, -0.2) is 36.5 Å². The second kappa shape index (κ2) is 8.68. The van der Waals surface area contributed by atoms with Crippen LogP contribution in [0.3, 0.4) is 0 Å². The smallest absolute Gasteiger partial charge is 0.293 e. The zero-order valence-corrected chi connectivity index (χ0v) is 15.8. The van der Waals surface area contributed by atoms with Gasteiger partial charge in [-0.25, -0.2) is 0 Å². The summed E-state index contributed by atoms with van der Waals surface area (Å²) in [6.07, 6.45) is 4.29. The van der Waals surface area contributed by atoms with Crippen molar-refractivity contribution in [1.82, 2.24) is 5.32 Å². The van der Waals surface area contributed by atoms with Crippen molar-refractivity contribution in [3.05, 3.63) is 33.9 Å². The summed E-state index contributed by atoms with van der Waals surface area (Å²) in [6.45, 7) is 4.22. The van der Waals surface area contributed by atoms with Crippen LogP contribution < -0.4 is 16.0 Å². The summed E-state index contributed by atoms with van der Waals surface area (Å²) in [6, 6.07) is 4.71. The Bertz CT molecular complexity index is 658. The monoisotopic (exact) mass is 382 g/mol. The molecular formula is C18H27ClN4O3. The maximum Gasteiger partial charge on any atom is 0.293 e. The number of nitro benzene ring substituents is 1. The second-order valence-corrected chi connectivity index (χ2v) is 7.34. The van der Waals surface area contributed by atoms with Gasteiger partial charge in [-0.3, -0.25) is 14.9 Å². The Morgan fingerprint density at radius 3 is 2.58 bits per heavy atom. The van der Waals surface area contributed by atoms with Crippen molar-refractivity contribution in [1.29, 1.82) is 0 Å². The van der Waals surface area contributed by atoms with E-state index < -0.39 is 4.92 Å². The van der Waals surface area contributed by atoms with E-state index in [1.165, 1.54) is 6.07 Å². The Labute approximate surface area is 159 Å². The number of nitrogens with two attached hydrogens (primary N) is 1. The van der Waals surface area contributed by atoms with E-state index in [2.05, 4.69) is 12.2 Å². The predicted molar refractivity (Wildman–Crippen MR) is 104 cm³/mol. The highest BCUT2D eigenvalue weighted by Crippen LogP contribution is 2.33. The molecule has 2 aliphatic rings. The van der Waals surface area contributed by atoms with Crippen LogP contribution >= 0.6 is 12.4 Å². The van der Waals surface area contributed by atoms with Crippen LogP contribution in [0.5, 0.6) is 0 Å². The fourth-order valence-corrected chi connectivity index (χ4v) is 3.33. The highest BCUT2D eigenvalue weighted by Gasteiger charge is 2.29. The van der Waals surface area contributed by atoms with E-state index in [0.717, 1.165) is 38.8 Å². The van der Waals surface area contributed by atoms with Gasteiger partial charge in [-0.15, -0.1) is 12.4 Å². The van der Waals surface area contributed by atoms with Crippen molar-refractivity contribution in [2.75, 3.05) is 24.5 Å². The molecule has 0 radical (unpaired) electrons. The van der Waals surface area contributed by atoms with E-state index in [-0.39, 0.29) is 30.0 Å². The van der Waals surface area contributed by atoms with Crippen molar-refractivity contribution < 1.29 is 9.72 Å². The van der Waals surface area contributed by atoms with Gasteiger partial charge in [-0.2, -0.15) is 0 Å². The first-order chi connectivity index (χ1) is 12.0. The summed E-state index contributed by atoms with van der Waals surface area (Å²) in [5, 5.41) is 14.3. The average Bonchev–Trinajstić information content (AvgIpc) is 3.44. The van der Waals surface area contributed by atoms with Gasteiger partial charge >= 0.3 is 0 Å². The number of rotatable bonds is 6. The van der Waals surface area contributed by atoms with Crippen molar-refractivity contribution in [2.24, 2.45) is 17.6 Å². The third-order valence-electron chi connectivity index (χ3n) is 5.28. The van der Waals surface area contributed by atoms with Crippen LogP contribution in [0, 0.1) is 22.0 Å². The minimum Gasteiger partial charge on any atom is -0.366 e. The Hall–Kier alpha value is -1.86. The summed E-state index contributed by atoms with van der Waals surface area (Å²) in [5.74, 6) is 0.840. The number of nitro groups is 1. The standard InChI is InChI=1S/C18H26N4O3.ClH/c1-12-6-8-21(9-7-12)16-5-4-14(10-17(16)22(24)25)18(23)20-11-15(19)13-2-3-13;/h4-5,10,12-13,15H,2-3,6-9,11,19H2,1H3,(H,20,23);1H. The SMILES string of the molecule is CC1CCN(c2ccc(C(=O)NCC(N)C3CC3)cc2[N+](=O)[O-])CC1.Cl. The molecule has 1 aromatic carbocycles. The fraction of sp³-hybridized carbons (Fsp3) is 0.611. The van der Waals surface area contributed by atoms with Gasteiger partial charge in [0.05, 0.1) is 4.92 Å². The Morgan fingerprint density at radius 1 is 1.35 bits per heavy atom. The lowest BCUT2D eigenvalue weighted by Gasteiger charge is -2.31. The molecule has 1 atom stereocenters. The molecule has 1 saturated carbocycles. The third kappa shape index (κ3) is 4.86. The van der Waals surface area contributed by atoms with Gasteiger partial charge in [-0.1, -0.05) is 6.92 Å².